The summed E-state index contributed by atoms with van der Waals surface area (Å²) in [6.07, 6.45) is 0. The van der Waals surface area contributed by atoms with Crippen LogP contribution >= 0.6 is 11.6 Å². The van der Waals surface area contributed by atoms with Crippen LogP contribution in [0.25, 0.3) is 10.9 Å². The van der Waals surface area contributed by atoms with Crippen LogP contribution in [0.4, 0.5) is 0 Å². The zero-order valence-electron chi connectivity index (χ0n) is 11.0. The molecule has 0 fully saturated rings. The van der Waals surface area contributed by atoms with Gasteiger partial charge in [-0.3, -0.25) is 0 Å². The summed E-state index contributed by atoms with van der Waals surface area (Å²) < 4.78 is 10.7. The molecular weight excluding hydrogens is 250 g/mol. The first-order valence-corrected chi connectivity index (χ1v) is 6.17. The number of ether oxygens (including phenoxy) is 2. The summed E-state index contributed by atoms with van der Waals surface area (Å²) in [6.45, 7) is 4.17. The number of pyridine rings is 1. The van der Waals surface area contributed by atoms with Gasteiger partial charge in [-0.2, -0.15) is 0 Å². The van der Waals surface area contributed by atoms with E-state index in [1.807, 2.05) is 18.2 Å². The van der Waals surface area contributed by atoms with Gasteiger partial charge in [-0.25, -0.2) is 4.98 Å². The van der Waals surface area contributed by atoms with Crippen molar-refractivity contribution in [3.8, 4) is 11.5 Å². The average Bonchev–Trinajstić information content (AvgIpc) is 2.36. The first kappa shape index (κ1) is 13.0. The van der Waals surface area contributed by atoms with E-state index in [1.165, 1.54) is 0 Å². The fourth-order valence-electron chi connectivity index (χ4n) is 1.95. The van der Waals surface area contributed by atoms with Crippen LogP contribution in [-0.2, 0) is 0 Å². The zero-order valence-corrected chi connectivity index (χ0v) is 11.7. The summed E-state index contributed by atoms with van der Waals surface area (Å²) in [5, 5.41) is 1.44. The predicted molar refractivity (Wildman–Crippen MR) is 73.9 cm³/mol. The van der Waals surface area contributed by atoms with Gasteiger partial charge in [0.05, 0.1) is 14.2 Å². The first-order chi connectivity index (χ1) is 8.58. The fraction of sp³-hybridized carbons (Fsp3) is 0.357. The Morgan fingerprint density at radius 1 is 1.11 bits per heavy atom. The Kier molecular flexibility index (Phi) is 3.62. The minimum absolute atomic E-state index is 0.310. The number of halogens is 1. The number of hydrogen-bond acceptors (Lipinski definition) is 3. The van der Waals surface area contributed by atoms with Gasteiger partial charge < -0.3 is 9.47 Å². The van der Waals surface area contributed by atoms with Crippen LogP contribution in [0.3, 0.4) is 0 Å². The molecule has 96 valence electrons. The van der Waals surface area contributed by atoms with Crippen LogP contribution in [0.5, 0.6) is 11.5 Å². The lowest BCUT2D eigenvalue weighted by Gasteiger charge is -2.13. The van der Waals surface area contributed by atoms with E-state index in [-0.39, 0.29) is 0 Å². The third-order valence-electron chi connectivity index (χ3n) is 2.95. The summed E-state index contributed by atoms with van der Waals surface area (Å²) in [4.78, 5) is 4.44. The van der Waals surface area contributed by atoms with Gasteiger partial charge in [0.25, 0.3) is 0 Å². The van der Waals surface area contributed by atoms with Crippen molar-refractivity contribution in [2.75, 3.05) is 14.2 Å². The molecule has 1 aromatic heterocycles. The maximum atomic E-state index is 6.22. The van der Waals surface area contributed by atoms with E-state index in [0.717, 1.165) is 22.2 Å². The molecule has 0 aliphatic rings. The predicted octanol–water partition coefficient (Wildman–Crippen LogP) is 4.03. The van der Waals surface area contributed by atoms with Crippen molar-refractivity contribution in [3.63, 3.8) is 0 Å². The topological polar surface area (TPSA) is 31.4 Å². The Morgan fingerprint density at radius 2 is 1.72 bits per heavy atom. The number of methoxy groups -OCH3 is 2. The Hall–Kier alpha value is -1.48. The summed E-state index contributed by atoms with van der Waals surface area (Å²) >= 11 is 6.22. The molecule has 2 aromatic rings. The van der Waals surface area contributed by atoms with Crippen molar-refractivity contribution in [2.24, 2.45) is 0 Å². The van der Waals surface area contributed by atoms with Gasteiger partial charge >= 0.3 is 0 Å². The van der Waals surface area contributed by atoms with Crippen LogP contribution in [0.15, 0.2) is 18.2 Å². The minimum atomic E-state index is 0.310. The highest BCUT2D eigenvalue weighted by Gasteiger charge is 2.14. The minimum Gasteiger partial charge on any atom is -0.496 e. The van der Waals surface area contributed by atoms with Crippen molar-refractivity contribution < 1.29 is 9.47 Å². The van der Waals surface area contributed by atoms with E-state index in [9.17, 15) is 0 Å². The van der Waals surface area contributed by atoms with E-state index in [2.05, 4.69) is 18.8 Å². The Balaban J connectivity index is 2.81. The molecule has 0 aliphatic heterocycles. The highest BCUT2D eigenvalue weighted by molar-refractivity contribution is 6.30. The van der Waals surface area contributed by atoms with E-state index >= 15 is 0 Å². The lowest BCUT2D eigenvalue weighted by atomic mass is 10.0. The highest BCUT2D eigenvalue weighted by Crippen LogP contribution is 2.36. The molecule has 0 unspecified atom stereocenters. The van der Waals surface area contributed by atoms with Crippen LogP contribution in [-0.4, -0.2) is 19.2 Å². The van der Waals surface area contributed by atoms with E-state index < -0.39 is 0 Å². The standard InChI is InChI=1S/C14H16ClNO2/c1-8(2)9-7-10-11(17-3)5-6-12(18-4)13(10)16-14(9)15/h5-8H,1-4H3. The van der Waals surface area contributed by atoms with Crippen molar-refractivity contribution >= 4 is 22.5 Å². The number of nitrogens with zero attached hydrogens (tertiary/aromatic N) is 1. The Labute approximate surface area is 112 Å². The molecule has 1 aromatic carbocycles. The molecule has 1 heterocycles. The number of rotatable bonds is 3. The molecule has 0 radical (unpaired) electrons. The number of fused-ring (bicyclic) bond motifs is 1. The lowest BCUT2D eigenvalue weighted by molar-refractivity contribution is 0.409. The van der Waals surface area contributed by atoms with Crippen LogP contribution in [0.1, 0.15) is 25.3 Å². The summed E-state index contributed by atoms with van der Waals surface area (Å²) in [5.74, 6) is 1.78. The SMILES string of the molecule is COc1ccc(OC)c2nc(Cl)c(C(C)C)cc12. The van der Waals surface area contributed by atoms with E-state index in [1.54, 1.807) is 14.2 Å². The average molecular weight is 266 g/mol. The molecule has 4 heteroatoms. The molecule has 0 aliphatic carbocycles. The molecule has 0 saturated heterocycles. The van der Waals surface area contributed by atoms with Crippen molar-refractivity contribution in [3.05, 3.63) is 28.9 Å². The van der Waals surface area contributed by atoms with Gasteiger partial charge in [-0.1, -0.05) is 25.4 Å². The molecule has 0 amide bonds. The number of benzene rings is 1. The molecule has 0 atom stereocenters. The van der Waals surface area contributed by atoms with Crippen LogP contribution in [0.2, 0.25) is 5.15 Å². The molecule has 18 heavy (non-hydrogen) atoms. The largest absolute Gasteiger partial charge is 0.496 e. The highest BCUT2D eigenvalue weighted by atomic mass is 35.5. The van der Waals surface area contributed by atoms with Crippen LogP contribution in [0, 0.1) is 0 Å². The number of hydrogen-bond donors (Lipinski definition) is 0. The van der Waals surface area contributed by atoms with Gasteiger partial charge in [0.1, 0.15) is 22.2 Å². The second kappa shape index (κ2) is 5.02. The summed E-state index contributed by atoms with van der Waals surface area (Å²) in [7, 11) is 3.26. The normalized spacial score (nSPS) is 11.0. The van der Waals surface area contributed by atoms with Gasteiger partial charge in [0, 0.05) is 5.39 Å². The monoisotopic (exact) mass is 265 g/mol. The maximum absolute atomic E-state index is 6.22. The van der Waals surface area contributed by atoms with Crippen molar-refractivity contribution in [1.82, 2.24) is 4.98 Å². The second-order valence-electron chi connectivity index (χ2n) is 4.39. The van der Waals surface area contributed by atoms with Gasteiger partial charge in [-0.05, 0) is 29.7 Å². The second-order valence-corrected chi connectivity index (χ2v) is 4.75. The molecule has 3 nitrogen and oxygen atoms in total. The maximum Gasteiger partial charge on any atom is 0.145 e. The Bertz CT molecular complexity index is 582. The quantitative estimate of drug-likeness (QED) is 0.785. The smallest absolute Gasteiger partial charge is 0.145 e. The first-order valence-electron chi connectivity index (χ1n) is 5.79. The van der Waals surface area contributed by atoms with E-state index in [0.29, 0.717) is 16.8 Å². The molecule has 0 spiro atoms. The summed E-state index contributed by atoms with van der Waals surface area (Å²) in [6, 6.07) is 5.73. The van der Waals surface area contributed by atoms with Gasteiger partial charge in [-0.15, -0.1) is 0 Å². The van der Waals surface area contributed by atoms with Gasteiger partial charge in [0.2, 0.25) is 0 Å². The van der Waals surface area contributed by atoms with Gasteiger partial charge in [0.15, 0.2) is 0 Å². The molecular formula is C14H16ClNO2. The van der Waals surface area contributed by atoms with Crippen LogP contribution < -0.4 is 9.47 Å². The summed E-state index contributed by atoms with van der Waals surface area (Å²) in [5.41, 5.74) is 1.74. The molecule has 0 saturated carbocycles. The third kappa shape index (κ3) is 2.10. The fourth-order valence-corrected chi connectivity index (χ4v) is 2.31. The van der Waals surface area contributed by atoms with Crippen molar-refractivity contribution in [1.29, 1.82) is 0 Å². The van der Waals surface area contributed by atoms with E-state index in [4.69, 9.17) is 21.1 Å². The third-order valence-corrected chi connectivity index (χ3v) is 3.25. The van der Waals surface area contributed by atoms with Crippen molar-refractivity contribution in [2.45, 2.75) is 19.8 Å². The lowest BCUT2D eigenvalue weighted by Crippen LogP contribution is -1.96. The number of aromatic nitrogens is 1. The Morgan fingerprint density at radius 3 is 2.28 bits per heavy atom. The molecule has 0 bridgehead atoms. The molecule has 0 N–H and O–H groups in total. The molecule has 2 rings (SSSR count). The zero-order chi connectivity index (χ0) is 13.3.